The summed E-state index contributed by atoms with van der Waals surface area (Å²) in [6, 6.07) is 8.87. The number of benzene rings is 2. The Balaban J connectivity index is 1.57. The molecular weight excluding hydrogens is 641 g/mol. The zero-order chi connectivity index (χ0) is 33.8. The second-order valence-corrected chi connectivity index (χ2v) is 12.6. The van der Waals surface area contributed by atoms with Gasteiger partial charge in [0.15, 0.2) is 0 Å². The number of amides is 1. The predicted molar refractivity (Wildman–Crippen MR) is 188 cm³/mol. The Morgan fingerprint density at radius 1 is 1.13 bits per heavy atom. The number of likely N-dealkylation sites (tertiary alicyclic amines) is 1. The van der Waals surface area contributed by atoms with Crippen LogP contribution in [0.25, 0.3) is 22.2 Å². The molecular formula is C34H39Cl2N7O4. The molecule has 13 heteroatoms. The van der Waals surface area contributed by atoms with Gasteiger partial charge in [-0.25, -0.2) is 4.98 Å². The Morgan fingerprint density at radius 3 is 2.43 bits per heavy atom. The van der Waals surface area contributed by atoms with Gasteiger partial charge in [-0.05, 0) is 57.5 Å². The average molecular weight is 681 g/mol. The number of aromatic nitrogens is 3. The number of anilines is 3. The summed E-state index contributed by atoms with van der Waals surface area (Å²) in [7, 11) is 6.87. The number of piperidine rings is 1. The smallest absolute Gasteiger partial charge is 0.260 e. The Hall–Kier alpha value is -4.32. The summed E-state index contributed by atoms with van der Waals surface area (Å²) >= 11 is 13.6. The number of hydrogen-bond acceptors (Lipinski definition) is 9. The number of likely N-dealkylation sites (N-methyl/N-ethyl adjacent to an activating group) is 1. The summed E-state index contributed by atoms with van der Waals surface area (Å²) in [5.41, 5.74) is 9.07. The number of rotatable bonds is 10. The molecule has 3 N–H and O–H groups in total. The van der Waals surface area contributed by atoms with E-state index in [1.54, 1.807) is 35.0 Å². The molecule has 0 saturated carbocycles. The van der Waals surface area contributed by atoms with Gasteiger partial charge in [0.2, 0.25) is 11.9 Å². The minimum atomic E-state index is -0.332. The van der Waals surface area contributed by atoms with Crippen LogP contribution in [0, 0.1) is 12.8 Å². The highest BCUT2D eigenvalue weighted by molar-refractivity contribution is 6.41. The van der Waals surface area contributed by atoms with Gasteiger partial charge in [0.05, 0.1) is 41.2 Å². The van der Waals surface area contributed by atoms with E-state index < -0.39 is 0 Å². The molecule has 3 heterocycles. The van der Waals surface area contributed by atoms with Crippen LogP contribution in [0.3, 0.4) is 0 Å². The van der Waals surface area contributed by atoms with Gasteiger partial charge in [-0.15, -0.1) is 0 Å². The van der Waals surface area contributed by atoms with Crippen LogP contribution in [0.1, 0.15) is 18.4 Å². The van der Waals surface area contributed by atoms with Crippen molar-refractivity contribution in [3.8, 4) is 22.6 Å². The fourth-order valence-corrected chi connectivity index (χ4v) is 6.43. The molecule has 1 aliphatic rings. The Kier molecular flexibility index (Phi) is 10.6. The molecule has 0 atom stereocenters. The number of methoxy groups -OCH3 is 2. The number of nitrogens with zero attached hydrogens (tertiary/aromatic N) is 5. The number of carbonyl (C=O) groups is 1. The van der Waals surface area contributed by atoms with Crippen LogP contribution in [0.4, 0.5) is 17.3 Å². The van der Waals surface area contributed by atoms with E-state index in [2.05, 4.69) is 10.3 Å². The van der Waals surface area contributed by atoms with Crippen LogP contribution in [-0.4, -0.2) is 78.2 Å². The molecule has 11 nitrogen and oxygen atoms in total. The first-order chi connectivity index (χ1) is 22.5. The number of nitrogens with one attached hydrogen (secondary N) is 1. The molecule has 0 radical (unpaired) electrons. The number of fused-ring (bicyclic) bond motifs is 1. The van der Waals surface area contributed by atoms with Gasteiger partial charge in [0.1, 0.15) is 17.1 Å². The largest absolute Gasteiger partial charge is 0.495 e. The van der Waals surface area contributed by atoms with Crippen molar-refractivity contribution in [2.24, 2.45) is 5.92 Å². The lowest BCUT2D eigenvalue weighted by Crippen LogP contribution is -2.39. The van der Waals surface area contributed by atoms with Crippen LogP contribution in [0.5, 0.6) is 11.5 Å². The van der Waals surface area contributed by atoms with Crippen molar-refractivity contribution in [3.05, 3.63) is 74.6 Å². The van der Waals surface area contributed by atoms with Gasteiger partial charge < -0.3 is 30.3 Å². The zero-order valence-corrected chi connectivity index (χ0v) is 28.7. The summed E-state index contributed by atoms with van der Waals surface area (Å²) < 4.78 is 12.6. The van der Waals surface area contributed by atoms with Gasteiger partial charge in [0, 0.05) is 55.5 Å². The number of aryl methyl sites for hydroxylation is 1. The third-order valence-corrected chi connectivity index (χ3v) is 9.06. The lowest BCUT2D eigenvalue weighted by Gasteiger charge is -2.32. The third-order valence-electron chi connectivity index (χ3n) is 8.31. The highest BCUT2D eigenvalue weighted by atomic mass is 35.5. The molecule has 0 unspecified atom stereocenters. The van der Waals surface area contributed by atoms with E-state index in [9.17, 15) is 9.59 Å². The molecule has 2 aromatic carbocycles. The number of pyridine rings is 1. The number of para-hydroxylation sites is 1. The van der Waals surface area contributed by atoms with E-state index in [0.717, 1.165) is 18.4 Å². The van der Waals surface area contributed by atoms with Crippen LogP contribution in [0.2, 0.25) is 10.0 Å². The van der Waals surface area contributed by atoms with Crippen LogP contribution >= 0.6 is 23.2 Å². The average Bonchev–Trinajstić information content (AvgIpc) is 3.05. The van der Waals surface area contributed by atoms with Crippen molar-refractivity contribution in [3.63, 3.8) is 0 Å². The first kappa shape index (κ1) is 34.0. The molecule has 248 valence electrons. The van der Waals surface area contributed by atoms with E-state index in [1.807, 2.05) is 49.0 Å². The maximum Gasteiger partial charge on any atom is 0.260 e. The topological polar surface area (TPSA) is 128 Å². The SMILES string of the molecule is COc1cc(OC)c(Cl)c(-c2cc3cnc(Nc4c(C)cccc4N)nc3n(CC3CCN(C(=O)/C=C/CN(C)C)CC3)c2=O)c1Cl. The normalized spacial score (nSPS) is 13.9. The van der Waals surface area contributed by atoms with Crippen LogP contribution in [0.15, 0.2) is 53.5 Å². The van der Waals surface area contributed by atoms with E-state index >= 15 is 0 Å². The van der Waals surface area contributed by atoms with E-state index in [1.165, 1.54) is 14.2 Å². The van der Waals surface area contributed by atoms with Crippen molar-refractivity contribution in [1.29, 1.82) is 0 Å². The molecule has 0 aliphatic carbocycles. The Labute approximate surface area is 283 Å². The minimum Gasteiger partial charge on any atom is -0.495 e. The maximum absolute atomic E-state index is 14.5. The first-order valence-corrected chi connectivity index (χ1v) is 16.0. The van der Waals surface area contributed by atoms with E-state index in [0.29, 0.717) is 71.6 Å². The summed E-state index contributed by atoms with van der Waals surface area (Å²) in [5, 5.41) is 4.20. The molecule has 0 bridgehead atoms. The molecule has 1 fully saturated rings. The van der Waals surface area contributed by atoms with Gasteiger partial charge in [0.25, 0.3) is 5.56 Å². The van der Waals surface area contributed by atoms with Gasteiger partial charge in [-0.2, -0.15) is 4.98 Å². The van der Waals surface area contributed by atoms with Crippen molar-refractivity contribution in [1.82, 2.24) is 24.3 Å². The van der Waals surface area contributed by atoms with Crippen LogP contribution < -0.4 is 26.1 Å². The quantitative estimate of drug-likeness (QED) is 0.159. The molecule has 2 aromatic heterocycles. The van der Waals surface area contributed by atoms with Crippen LogP contribution in [-0.2, 0) is 11.3 Å². The van der Waals surface area contributed by atoms with E-state index in [4.69, 9.17) is 43.4 Å². The Morgan fingerprint density at radius 2 is 1.81 bits per heavy atom. The van der Waals surface area contributed by atoms with E-state index in [-0.39, 0.29) is 33.0 Å². The molecule has 47 heavy (non-hydrogen) atoms. The second kappa shape index (κ2) is 14.6. The summed E-state index contributed by atoms with van der Waals surface area (Å²) in [6.07, 6.45) is 6.58. The maximum atomic E-state index is 14.5. The standard InChI is InChI=1S/C34H39Cl2N7O4/c1-20-8-6-9-24(37)31(20)39-34-38-18-22-16-23(28-29(35)25(46-4)17-26(47-5)30(28)36)33(45)43(32(22)40-34)19-21-11-14-42(15-12-21)27(44)10-7-13-41(2)3/h6-10,16-18,21H,11-15,19,37H2,1-5H3,(H,38,39,40)/b10-7+. The summed E-state index contributed by atoms with van der Waals surface area (Å²) in [6.45, 7) is 4.16. The third kappa shape index (κ3) is 7.32. The number of nitrogens with two attached hydrogens (primary N) is 1. The lowest BCUT2D eigenvalue weighted by atomic mass is 9.96. The molecule has 0 spiro atoms. The number of halogens is 2. The summed E-state index contributed by atoms with van der Waals surface area (Å²) in [5.74, 6) is 1.02. The molecule has 1 amide bonds. The molecule has 5 rings (SSSR count). The minimum absolute atomic E-state index is 0.00916. The van der Waals surface area contributed by atoms with Crippen molar-refractivity contribution in [2.75, 3.05) is 59.0 Å². The van der Waals surface area contributed by atoms with Crippen molar-refractivity contribution >= 4 is 57.5 Å². The highest BCUT2D eigenvalue weighted by Crippen LogP contribution is 2.45. The van der Waals surface area contributed by atoms with Gasteiger partial charge in [-0.1, -0.05) is 41.4 Å². The predicted octanol–water partition coefficient (Wildman–Crippen LogP) is 5.77. The molecule has 1 aliphatic heterocycles. The number of ether oxygens (including phenoxy) is 2. The number of carbonyl (C=O) groups excluding carboxylic acids is 1. The van der Waals surface area contributed by atoms with Gasteiger partial charge in [-0.3, -0.25) is 14.2 Å². The molecule has 1 saturated heterocycles. The van der Waals surface area contributed by atoms with Crippen molar-refractivity contribution < 1.29 is 14.3 Å². The fraction of sp³-hybridized carbons (Fsp3) is 0.353. The monoisotopic (exact) mass is 679 g/mol. The summed E-state index contributed by atoms with van der Waals surface area (Å²) in [4.78, 5) is 40.4. The second-order valence-electron chi connectivity index (χ2n) is 11.8. The highest BCUT2D eigenvalue weighted by Gasteiger charge is 2.26. The number of nitrogen functional groups attached to an aromatic ring is 1. The lowest BCUT2D eigenvalue weighted by molar-refractivity contribution is -0.127. The van der Waals surface area contributed by atoms with Gasteiger partial charge >= 0.3 is 0 Å². The molecule has 4 aromatic rings. The fourth-order valence-electron chi connectivity index (χ4n) is 5.73. The first-order valence-electron chi connectivity index (χ1n) is 15.3. The Bertz CT molecular complexity index is 1840. The number of hydrogen-bond donors (Lipinski definition) is 2. The van der Waals surface area contributed by atoms with Crippen molar-refractivity contribution in [2.45, 2.75) is 26.3 Å². The zero-order valence-electron chi connectivity index (χ0n) is 27.1.